The molecule has 0 saturated carbocycles. The molecule has 0 fully saturated rings. The van der Waals surface area contributed by atoms with Gasteiger partial charge in [-0.1, -0.05) is 20.3 Å². The second-order valence-corrected chi connectivity index (χ2v) is 6.03. The van der Waals surface area contributed by atoms with Crippen LogP contribution in [-0.4, -0.2) is 42.5 Å². The Hall–Kier alpha value is -0.370. The highest BCUT2D eigenvalue weighted by Gasteiger charge is 2.05. The molecule has 122 valence electrons. The van der Waals surface area contributed by atoms with E-state index in [1.54, 1.807) is 11.3 Å². The van der Waals surface area contributed by atoms with Crippen LogP contribution in [0.4, 0.5) is 0 Å². The van der Waals surface area contributed by atoms with E-state index in [9.17, 15) is 0 Å². The van der Waals surface area contributed by atoms with E-state index in [1.807, 2.05) is 6.20 Å². The maximum absolute atomic E-state index is 4.69. The molecule has 1 aromatic rings. The molecule has 1 N–H and O–H groups in total. The molecule has 0 bridgehead atoms. The fraction of sp³-hybridized carbons (Fsp3) is 0.733. The van der Waals surface area contributed by atoms with Crippen molar-refractivity contribution in [2.24, 2.45) is 4.99 Å². The van der Waals surface area contributed by atoms with Gasteiger partial charge in [0, 0.05) is 44.2 Å². The van der Waals surface area contributed by atoms with Gasteiger partial charge in [0.05, 0.1) is 5.01 Å². The van der Waals surface area contributed by atoms with Crippen molar-refractivity contribution in [1.82, 2.24) is 15.2 Å². The van der Waals surface area contributed by atoms with Crippen LogP contribution >= 0.6 is 35.3 Å². The minimum atomic E-state index is 0. The fourth-order valence-electron chi connectivity index (χ4n) is 1.86. The van der Waals surface area contributed by atoms with Crippen molar-refractivity contribution in [1.29, 1.82) is 0 Å². The minimum absolute atomic E-state index is 0. The largest absolute Gasteiger partial charge is 0.357 e. The van der Waals surface area contributed by atoms with E-state index < -0.39 is 0 Å². The first-order valence-electron chi connectivity index (χ1n) is 7.64. The molecular formula is C15H29IN4S. The Labute approximate surface area is 150 Å². The van der Waals surface area contributed by atoms with Gasteiger partial charge in [-0.25, -0.2) is 4.98 Å². The summed E-state index contributed by atoms with van der Waals surface area (Å²) in [6, 6.07) is 0. The number of thiazole rings is 1. The second-order valence-electron chi connectivity index (χ2n) is 4.83. The van der Waals surface area contributed by atoms with Gasteiger partial charge in [0.15, 0.2) is 5.96 Å². The Morgan fingerprint density at radius 3 is 2.71 bits per heavy atom. The number of hydrogen-bond acceptors (Lipinski definition) is 3. The lowest BCUT2D eigenvalue weighted by molar-refractivity contribution is 0.465. The quantitative estimate of drug-likeness (QED) is 0.394. The zero-order valence-corrected chi connectivity index (χ0v) is 16.8. The van der Waals surface area contributed by atoms with Crippen LogP contribution in [0.3, 0.4) is 0 Å². The maximum atomic E-state index is 4.69. The average molecular weight is 424 g/mol. The number of nitrogens with zero attached hydrogens (tertiary/aromatic N) is 3. The molecule has 0 atom stereocenters. The van der Waals surface area contributed by atoms with E-state index in [1.165, 1.54) is 22.7 Å². The molecule has 0 radical (unpaired) electrons. The molecule has 0 aromatic carbocycles. The summed E-state index contributed by atoms with van der Waals surface area (Å²) in [5.41, 5.74) is 0. The third kappa shape index (κ3) is 7.99. The maximum Gasteiger partial charge on any atom is 0.193 e. The van der Waals surface area contributed by atoms with Gasteiger partial charge in [-0.2, -0.15) is 0 Å². The molecule has 4 nitrogen and oxygen atoms in total. The average Bonchev–Trinajstić information content (AvgIpc) is 2.91. The highest BCUT2D eigenvalue weighted by atomic mass is 127. The first kappa shape index (κ1) is 20.6. The third-order valence-electron chi connectivity index (χ3n) is 3.08. The number of hydrogen-bond donors (Lipinski definition) is 1. The van der Waals surface area contributed by atoms with Gasteiger partial charge in [-0.15, -0.1) is 35.3 Å². The number of rotatable bonds is 8. The van der Waals surface area contributed by atoms with Crippen molar-refractivity contribution >= 4 is 41.3 Å². The second kappa shape index (κ2) is 12.2. The van der Waals surface area contributed by atoms with Crippen molar-refractivity contribution in [2.45, 2.75) is 46.5 Å². The van der Waals surface area contributed by atoms with Crippen LogP contribution in [0.5, 0.6) is 0 Å². The number of aliphatic imine (C=N–C) groups is 1. The first-order chi connectivity index (χ1) is 9.71. The van der Waals surface area contributed by atoms with Crippen molar-refractivity contribution in [3.63, 3.8) is 0 Å². The van der Waals surface area contributed by atoms with E-state index >= 15 is 0 Å². The van der Waals surface area contributed by atoms with Crippen molar-refractivity contribution in [3.05, 3.63) is 16.1 Å². The van der Waals surface area contributed by atoms with Gasteiger partial charge >= 0.3 is 0 Å². The molecule has 0 saturated heterocycles. The molecule has 0 spiro atoms. The summed E-state index contributed by atoms with van der Waals surface area (Å²) in [4.78, 5) is 12.7. The molecule has 1 rings (SSSR count). The summed E-state index contributed by atoms with van der Waals surface area (Å²) in [5, 5.41) is 4.55. The number of aryl methyl sites for hydroxylation is 1. The molecule has 0 aliphatic rings. The summed E-state index contributed by atoms with van der Waals surface area (Å²) in [7, 11) is 2.11. The van der Waals surface area contributed by atoms with Crippen molar-refractivity contribution in [2.75, 3.05) is 26.7 Å². The fourth-order valence-corrected chi connectivity index (χ4v) is 2.71. The van der Waals surface area contributed by atoms with E-state index in [-0.39, 0.29) is 24.0 Å². The molecular weight excluding hydrogens is 395 g/mol. The molecule has 1 aromatic heterocycles. The molecule has 0 aliphatic heterocycles. The van der Waals surface area contributed by atoms with Crippen LogP contribution < -0.4 is 5.32 Å². The van der Waals surface area contributed by atoms with E-state index in [0.29, 0.717) is 0 Å². The zero-order valence-electron chi connectivity index (χ0n) is 13.7. The standard InChI is InChI=1S/C15H28N4S.HI/c1-5-8-11-19(4)15(16-7-3)17-10-9-14-18-12-13(6-2)20-14;/h12H,5-11H2,1-4H3,(H,16,17);1H. The third-order valence-corrected chi connectivity index (χ3v) is 4.28. The van der Waals surface area contributed by atoms with Gasteiger partial charge in [-0.05, 0) is 19.8 Å². The van der Waals surface area contributed by atoms with Gasteiger partial charge < -0.3 is 10.2 Å². The predicted molar refractivity (Wildman–Crippen MR) is 104 cm³/mol. The van der Waals surface area contributed by atoms with Gasteiger partial charge in [-0.3, -0.25) is 4.99 Å². The Kier molecular flexibility index (Phi) is 12.0. The lowest BCUT2D eigenvalue weighted by Crippen LogP contribution is -2.39. The highest BCUT2D eigenvalue weighted by Crippen LogP contribution is 2.13. The minimum Gasteiger partial charge on any atom is -0.357 e. The van der Waals surface area contributed by atoms with Crippen LogP contribution in [0, 0.1) is 0 Å². The molecule has 0 unspecified atom stereocenters. The summed E-state index contributed by atoms with van der Waals surface area (Å²) in [6.07, 6.45) is 6.41. The van der Waals surface area contributed by atoms with Crippen LogP contribution in [0.2, 0.25) is 0 Å². The summed E-state index contributed by atoms with van der Waals surface area (Å²) >= 11 is 1.81. The Bertz CT molecular complexity index is 406. The molecule has 0 amide bonds. The van der Waals surface area contributed by atoms with Crippen LogP contribution in [-0.2, 0) is 12.8 Å². The van der Waals surface area contributed by atoms with Gasteiger partial charge in [0.2, 0.25) is 0 Å². The van der Waals surface area contributed by atoms with E-state index in [0.717, 1.165) is 38.4 Å². The van der Waals surface area contributed by atoms with Crippen LogP contribution in [0.1, 0.15) is 43.5 Å². The zero-order chi connectivity index (χ0) is 14.8. The van der Waals surface area contributed by atoms with E-state index in [4.69, 9.17) is 4.99 Å². The number of aromatic nitrogens is 1. The number of guanidine groups is 1. The summed E-state index contributed by atoms with van der Waals surface area (Å²) < 4.78 is 0. The van der Waals surface area contributed by atoms with Gasteiger partial charge in [0.1, 0.15) is 0 Å². The van der Waals surface area contributed by atoms with Crippen LogP contribution in [0.25, 0.3) is 0 Å². The molecule has 21 heavy (non-hydrogen) atoms. The topological polar surface area (TPSA) is 40.5 Å². The highest BCUT2D eigenvalue weighted by molar-refractivity contribution is 14.0. The SMILES string of the molecule is CCCCN(C)C(=NCCc1ncc(CC)s1)NCC.I. The summed E-state index contributed by atoms with van der Waals surface area (Å²) in [6.45, 7) is 9.26. The number of halogens is 1. The Balaban J connectivity index is 0.00000400. The summed E-state index contributed by atoms with van der Waals surface area (Å²) in [5.74, 6) is 1.01. The van der Waals surface area contributed by atoms with Crippen molar-refractivity contribution < 1.29 is 0 Å². The lowest BCUT2D eigenvalue weighted by Gasteiger charge is -2.21. The lowest BCUT2D eigenvalue weighted by atomic mass is 10.3. The smallest absolute Gasteiger partial charge is 0.193 e. The molecule has 0 aliphatic carbocycles. The van der Waals surface area contributed by atoms with Crippen LogP contribution in [0.15, 0.2) is 11.2 Å². The molecule has 6 heteroatoms. The number of unbranched alkanes of at least 4 members (excludes halogenated alkanes) is 1. The normalized spacial score (nSPS) is 11.1. The number of nitrogens with one attached hydrogen (secondary N) is 1. The first-order valence-corrected chi connectivity index (χ1v) is 8.45. The van der Waals surface area contributed by atoms with E-state index in [2.05, 4.69) is 43.0 Å². The Morgan fingerprint density at radius 2 is 2.14 bits per heavy atom. The molecule has 1 heterocycles. The van der Waals surface area contributed by atoms with Crippen molar-refractivity contribution in [3.8, 4) is 0 Å². The predicted octanol–water partition coefficient (Wildman–Crippen LogP) is 3.56. The Morgan fingerprint density at radius 1 is 1.38 bits per heavy atom. The van der Waals surface area contributed by atoms with Gasteiger partial charge in [0.25, 0.3) is 0 Å². The monoisotopic (exact) mass is 424 g/mol.